The van der Waals surface area contributed by atoms with Gasteiger partial charge in [0.05, 0.1) is 6.61 Å². The van der Waals surface area contributed by atoms with E-state index in [2.05, 4.69) is 18.3 Å². The van der Waals surface area contributed by atoms with Gasteiger partial charge in [0.1, 0.15) is 6.61 Å². The number of ether oxygens (including phenoxy) is 2. The number of hydrogen-bond donors (Lipinski definition) is 1. The first-order valence-corrected chi connectivity index (χ1v) is 8.45. The summed E-state index contributed by atoms with van der Waals surface area (Å²) in [6, 6.07) is 13.7. The van der Waals surface area contributed by atoms with Crippen molar-refractivity contribution in [3.8, 4) is 11.5 Å². The Hall–Kier alpha value is -1.42. The molecule has 0 heterocycles. The third-order valence-corrected chi connectivity index (χ3v) is 3.80. The van der Waals surface area contributed by atoms with E-state index in [-0.39, 0.29) is 12.4 Å². The van der Waals surface area contributed by atoms with Crippen molar-refractivity contribution in [2.24, 2.45) is 0 Å². The second-order valence-corrected chi connectivity index (χ2v) is 5.64. The Morgan fingerprint density at radius 3 is 2.42 bits per heavy atom. The number of nitrogens with one attached hydrogen (secondary N) is 1. The molecule has 0 aromatic heterocycles. The highest BCUT2D eigenvalue weighted by atomic mass is 35.5. The molecule has 0 bridgehead atoms. The third kappa shape index (κ3) is 5.90. The fraction of sp³-hybridized carbons (Fsp3) is 0.368. The molecule has 2 rings (SSSR count). The number of benzene rings is 2. The average molecular weight is 370 g/mol. The Morgan fingerprint density at radius 2 is 1.71 bits per heavy atom. The van der Waals surface area contributed by atoms with Crippen LogP contribution in [0.15, 0.2) is 42.5 Å². The van der Waals surface area contributed by atoms with E-state index in [0.29, 0.717) is 18.2 Å². The fourth-order valence-electron chi connectivity index (χ4n) is 2.30. The summed E-state index contributed by atoms with van der Waals surface area (Å²) in [5.74, 6) is 1.56. The summed E-state index contributed by atoms with van der Waals surface area (Å²) in [6.45, 7) is 6.88. The van der Waals surface area contributed by atoms with Crippen LogP contribution in [0.4, 0.5) is 0 Å². The summed E-state index contributed by atoms with van der Waals surface area (Å²) in [7, 11) is 0. The van der Waals surface area contributed by atoms with Gasteiger partial charge in [0.25, 0.3) is 0 Å². The third-order valence-electron chi connectivity index (χ3n) is 3.43. The van der Waals surface area contributed by atoms with Crippen LogP contribution in [0.1, 0.15) is 31.4 Å². The highest BCUT2D eigenvalue weighted by molar-refractivity contribution is 6.31. The number of rotatable bonds is 9. The summed E-state index contributed by atoms with van der Waals surface area (Å²) in [4.78, 5) is 0. The van der Waals surface area contributed by atoms with E-state index < -0.39 is 0 Å². The Morgan fingerprint density at radius 1 is 0.958 bits per heavy atom. The van der Waals surface area contributed by atoms with Gasteiger partial charge in [-0.1, -0.05) is 48.9 Å². The van der Waals surface area contributed by atoms with Crippen LogP contribution in [-0.2, 0) is 13.2 Å². The van der Waals surface area contributed by atoms with Crippen molar-refractivity contribution in [1.29, 1.82) is 0 Å². The second kappa shape index (κ2) is 11.2. The van der Waals surface area contributed by atoms with Gasteiger partial charge in [-0.25, -0.2) is 0 Å². The van der Waals surface area contributed by atoms with E-state index in [1.165, 1.54) is 0 Å². The van der Waals surface area contributed by atoms with Gasteiger partial charge in [0, 0.05) is 22.7 Å². The fourth-order valence-corrected chi connectivity index (χ4v) is 2.49. The van der Waals surface area contributed by atoms with Gasteiger partial charge in [-0.15, -0.1) is 12.4 Å². The molecular weight excluding hydrogens is 345 g/mol. The van der Waals surface area contributed by atoms with Crippen LogP contribution in [0.5, 0.6) is 11.5 Å². The van der Waals surface area contributed by atoms with Crippen LogP contribution in [0.3, 0.4) is 0 Å². The molecule has 3 nitrogen and oxygen atoms in total. The molecular formula is C19H25Cl2NO2. The molecule has 5 heteroatoms. The minimum atomic E-state index is 0. The first-order valence-electron chi connectivity index (χ1n) is 8.07. The van der Waals surface area contributed by atoms with Gasteiger partial charge < -0.3 is 14.8 Å². The van der Waals surface area contributed by atoms with Crippen molar-refractivity contribution in [2.45, 2.75) is 33.4 Å². The predicted molar refractivity (Wildman–Crippen MR) is 103 cm³/mol. The Balaban J connectivity index is 0.00000288. The Bertz CT molecular complexity index is 620. The zero-order valence-electron chi connectivity index (χ0n) is 14.2. The maximum absolute atomic E-state index is 6.21. The van der Waals surface area contributed by atoms with Gasteiger partial charge in [0.15, 0.2) is 11.5 Å². The molecule has 24 heavy (non-hydrogen) atoms. The monoisotopic (exact) mass is 369 g/mol. The summed E-state index contributed by atoms with van der Waals surface area (Å²) in [5.41, 5.74) is 2.06. The Kier molecular flexibility index (Phi) is 9.62. The Labute approximate surface area is 155 Å². The number of halogens is 2. The van der Waals surface area contributed by atoms with Crippen LogP contribution in [0, 0.1) is 0 Å². The second-order valence-electron chi connectivity index (χ2n) is 5.23. The molecule has 0 radical (unpaired) electrons. The van der Waals surface area contributed by atoms with Crippen molar-refractivity contribution in [3.63, 3.8) is 0 Å². The molecule has 2 aromatic carbocycles. The van der Waals surface area contributed by atoms with Gasteiger partial charge in [-0.3, -0.25) is 0 Å². The predicted octanol–water partition coefficient (Wildman–Crippen LogP) is 5.24. The summed E-state index contributed by atoms with van der Waals surface area (Å²) >= 11 is 6.21. The molecule has 0 unspecified atom stereocenters. The minimum Gasteiger partial charge on any atom is -0.490 e. The number of para-hydroxylation sites is 1. The molecule has 0 saturated carbocycles. The molecule has 0 aliphatic heterocycles. The van der Waals surface area contributed by atoms with Crippen molar-refractivity contribution in [1.82, 2.24) is 5.32 Å². The SMILES string of the molecule is CCCNCc1cccc(OCC)c1OCc1ccccc1Cl.Cl. The lowest BCUT2D eigenvalue weighted by Gasteiger charge is -2.17. The topological polar surface area (TPSA) is 30.5 Å². The minimum absolute atomic E-state index is 0. The maximum atomic E-state index is 6.21. The van der Waals surface area contributed by atoms with Gasteiger partial charge in [-0.2, -0.15) is 0 Å². The van der Waals surface area contributed by atoms with Crippen LogP contribution >= 0.6 is 24.0 Å². The van der Waals surface area contributed by atoms with E-state index in [0.717, 1.165) is 42.1 Å². The molecule has 0 aliphatic carbocycles. The molecule has 0 saturated heterocycles. The highest BCUT2D eigenvalue weighted by Gasteiger charge is 2.12. The molecule has 0 aliphatic rings. The molecule has 132 valence electrons. The lowest BCUT2D eigenvalue weighted by atomic mass is 10.1. The zero-order valence-corrected chi connectivity index (χ0v) is 15.8. The summed E-state index contributed by atoms with van der Waals surface area (Å²) in [6.07, 6.45) is 1.10. The average Bonchev–Trinajstić information content (AvgIpc) is 2.56. The van der Waals surface area contributed by atoms with E-state index in [1.807, 2.05) is 43.3 Å². The van der Waals surface area contributed by atoms with Gasteiger partial charge >= 0.3 is 0 Å². The quantitative estimate of drug-likeness (QED) is 0.613. The molecule has 1 N–H and O–H groups in total. The zero-order chi connectivity index (χ0) is 16.5. The summed E-state index contributed by atoms with van der Waals surface area (Å²) < 4.78 is 11.8. The largest absolute Gasteiger partial charge is 0.490 e. The van der Waals surface area contributed by atoms with Gasteiger partial charge in [0.2, 0.25) is 0 Å². The molecule has 0 spiro atoms. The van der Waals surface area contributed by atoms with Crippen molar-refractivity contribution >= 4 is 24.0 Å². The van der Waals surface area contributed by atoms with E-state index in [1.54, 1.807) is 0 Å². The molecule has 0 amide bonds. The van der Waals surface area contributed by atoms with Crippen LogP contribution in [0.25, 0.3) is 0 Å². The normalized spacial score (nSPS) is 10.1. The first kappa shape index (κ1) is 20.6. The van der Waals surface area contributed by atoms with Crippen molar-refractivity contribution in [3.05, 3.63) is 58.6 Å². The number of hydrogen-bond acceptors (Lipinski definition) is 3. The van der Waals surface area contributed by atoms with Crippen LogP contribution in [-0.4, -0.2) is 13.2 Å². The molecule has 2 aromatic rings. The lowest BCUT2D eigenvalue weighted by molar-refractivity contribution is 0.266. The first-order chi connectivity index (χ1) is 11.3. The standard InChI is InChI=1S/C19H24ClNO2.ClH/c1-3-12-21-13-15-9-7-11-18(22-4-2)19(15)23-14-16-8-5-6-10-17(16)20;/h5-11,21H,3-4,12-14H2,1-2H3;1H. The van der Waals surface area contributed by atoms with E-state index in [9.17, 15) is 0 Å². The van der Waals surface area contributed by atoms with Crippen LogP contribution in [0.2, 0.25) is 5.02 Å². The smallest absolute Gasteiger partial charge is 0.166 e. The molecule has 0 atom stereocenters. The molecule has 0 fully saturated rings. The van der Waals surface area contributed by atoms with Crippen molar-refractivity contribution < 1.29 is 9.47 Å². The maximum Gasteiger partial charge on any atom is 0.166 e. The van der Waals surface area contributed by atoms with Crippen molar-refractivity contribution in [2.75, 3.05) is 13.2 Å². The van der Waals surface area contributed by atoms with Crippen LogP contribution < -0.4 is 14.8 Å². The van der Waals surface area contributed by atoms with Gasteiger partial charge in [-0.05, 0) is 32.0 Å². The van der Waals surface area contributed by atoms with E-state index >= 15 is 0 Å². The van der Waals surface area contributed by atoms with E-state index in [4.69, 9.17) is 21.1 Å². The highest BCUT2D eigenvalue weighted by Crippen LogP contribution is 2.32. The summed E-state index contributed by atoms with van der Waals surface area (Å²) in [5, 5.41) is 4.12. The lowest BCUT2D eigenvalue weighted by Crippen LogP contribution is -2.15.